The Morgan fingerprint density at radius 1 is 1.38 bits per heavy atom. The third kappa shape index (κ3) is 3.69. The van der Waals surface area contributed by atoms with Gasteiger partial charge in [0.25, 0.3) is 0 Å². The Hall–Kier alpha value is -1.31. The lowest BCUT2D eigenvalue weighted by atomic mass is 10.1. The summed E-state index contributed by atoms with van der Waals surface area (Å²) in [4.78, 5) is 11.7. The van der Waals surface area contributed by atoms with Crippen molar-refractivity contribution in [3.8, 4) is 0 Å². The van der Waals surface area contributed by atoms with Crippen LogP contribution in [0.5, 0.6) is 0 Å². The number of carbonyl (C=O) groups is 1. The number of carbonyl (C=O) groups excluding carboxylic acids is 1. The fourth-order valence-electron chi connectivity index (χ4n) is 1.60. The van der Waals surface area contributed by atoms with Crippen molar-refractivity contribution in [3.63, 3.8) is 0 Å². The summed E-state index contributed by atoms with van der Waals surface area (Å²) in [5.41, 5.74) is 3.32. The molecule has 0 atom stereocenters. The van der Waals surface area contributed by atoms with Gasteiger partial charge in [-0.15, -0.1) is 0 Å². The largest absolute Gasteiger partial charge is 0.326 e. The molecule has 0 fully saturated rings. The number of rotatable bonds is 4. The van der Waals surface area contributed by atoms with Gasteiger partial charge in [0.2, 0.25) is 5.91 Å². The van der Waals surface area contributed by atoms with Gasteiger partial charge >= 0.3 is 0 Å². The first-order valence-electron chi connectivity index (χ1n) is 5.92. The van der Waals surface area contributed by atoms with Gasteiger partial charge in [-0.1, -0.05) is 32.9 Å². The minimum Gasteiger partial charge on any atom is -0.326 e. The third-order valence-corrected chi connectivity index (χ3v) is 2.58. The number of hydrogen-bond acceptors (Lipinski definition) is 1. The van der Waals surface area contributed by atoms with E-state index < -0.39 is 0 Å². The van der Waals surface area contributed by atoms with Crippen LogP contribution in [0.1, 0.15) is 38.3 Å². The lowest BCUT2D eigenvalue weighted by molar-refractivity contribution is -0.116. The molecule has 0 aliphatic rings. The summed E-state index contributed by atoms with van der Waals surface area (Å²) in [6.07, 6.45) is 1.57. The summed E-state index contributed by atoms with van der Waals surface area (Å²) >= 11 is 0. The first-order valence-corrected chi connectivity index (χ1v) is 5.92. The molecule has 0 unspecified atom stereocenters. The molecule has 1 aromatic rings. The molecule has 2 nitrogen and oxygen atoms in total. The molecule has 0 bridgehead atoms. The van der Waals surface area contributed by atoms with Gasteiger partial charge < -0.3 is 5.32 Å². The van der Waals surface area contributed by atoms with Crippen molar-refractivity contribution >= 4 is 11.6 Å². The van der Waals surface area contributed by atoms with E-state index in [1.165, 1.54) is 5.56 Å². The Labute approximate surface area is 98.1 Å². The van der Waals surface area contributed by atoms with Crippen molar-refractivity contribution in [1.82, 2.24) is 0 Å². The maximum absolute atomic E-state index is 11.7. The second-order valence-corrected chi connectivity index (χ2v) is 4.65. The highest BCUT2D eigenvalue weighted by atomic mass is 16.1. The van der Waals surface area contributed by atoms with Gasteiger partial charge in [0.05, 0.1) is 0 Å². The second-order valence-electron chi connectivity index (χ2n) is 4.65. The molecule has 0 saturated heterocycles. The van der Waals surface area contributed by atoms with Gasteiger partial charge in [0, 0.05) is 12.1 Å². The zero-order valence-corrected chi connectivity index (χ0v) is 10.6. The molecule has 0 radical (unpaired) electrons. The van der Waals surface area contributed by atoms with Crippen molar-refractivity contribution in [2.75, 3.05) is 5.32 Å². The van der Waals surface area contributed by atoms with Crippen LogP contribution in [0, 0.1) is 12.8 Å². The van der Waals surface area contributed by atoms with Crippen LogP contribution in [0.2, 0.25) is 0 Å². The summed E-state index contributed by atoms with van der Waals surface area (Å²) in [5, 5.41) is 2.98. The van der Waals surface area contributed by atoms with E-state index in [-0.39, 0.29) is 5.91 Å². The SMILES string of the molecule is CCc1ccc(C)c(NC(=O)CC(C)C)c1. The first-order chi connectivity index (χ1) is 7.52. The number of aryl methyl sites for hydroxylation is 2. The van der Waals surface area contributed by atoms with Crippen LogP contribution in [0.3, 0.4) is 0 Å². The van der Waals surface area contributed by atoms with E-state index in [1.807, 2.05) is 6.92 Å². The molecular weight excluding hydrogens is 198 g/mol. The van der Waals surface area contributed by atoms with Gasteiger partial charge in [0.1, 0.15) is 0 Å². The van der Waals surface area contributed by atoms with Crippen molar-refractivity contribution < 1.29 is 4.79 Å². The van der Waals surface area contributed by atoms with E-state index in [1.54, 1.807) is 0 Å². The van der Waals surface area contributed by atoms with Gasteiger partial charge in [-0.05, 0) is 36.5 Å². The van der Waals surface area contributed by atoms with E-state index in [0.717, 1.165) is 17.7 Å². The molecular formula is C14H21NO. The molecule has 1 rings (SSSR count). The summed E-state index contributed by atoms with van der Waals surface area (Å²) < 4.78 is 0. The topological polar surface area (TPSA) is 29.1 Å². The van der Waals surface area contributed by atoms with E-state index in [0.29, 0.717) is 12.3 Å². The minimum atomic E-state index is 0.103. The number of nitrogens with one attached hydrogen (secondary N) is 1. The van der Waals surface area contributed by atoms with Crippen LogP contribution in [0.25, 0.3) is 0 Å². The van der Waals surface area contributed by atoms with Gasteiger partial charge in [-0.25, -0.2) is 0 Å². The van der Waals surface area contributed by atoms with E-state index in [4.69, 9.17) is 0 Å². The van der Waals surface area contributed by atoms with Crippen LogP contribution in [0.4, 0.5) is 5.69 Å². The fourth-order valence-corrected chi connectivity index (χ4v) is 1.60. The zero-order valence-electron chi connectivity index (χ0n) is 10.6. The van der Waals surface area contributed by atoms with E-state index in [2.05, 4.69) is 44.3 Å². The minimum absolute atomic E-state index is 0.103. The predicted molar refractivity (Wildman–Crippen MR) is 68.6 cm³/mol. The molecule has 0 aliphatic carbocycles. The van der Waals surface area contributed by atoms with Crippen molar-refractivity contribution in [2.24, 2.45) is 5.92 Å². The normalized spacial score (nSPS) is 10.6. The Balaban J connectivity index is 2.75. The molecule has 0 aromatic heterocycles. The van der Waals surface area contributed by atoms with Gasteiger partial charge in [-0.3, -0.25) is 4.79 Å². The standard InChI is InChI=1S/C14H21NO/c1-5-12-7-6-11(4)13(9-12)15-14(16)8-10(2)3/h6-7,9-10H,5,8H2,1-4H3,(H,15,16). The van der Waals surface area contributed by atoms with Crippen molar-refractivity contribution in [2.45, 2.75) is 40.5 Å². The van der Waals surface area contributed by atoms with E-state index in [9.17, 15) is 4.79 Å². The predicted octanol–water partition coefficient (Wildman–Crippen LogP) is 3.54. The van der Waals surface area contributed by atoms with Gasteiger partial charge in [-0.2, -0.15) is 0 Å². The highest BCUT2D eigenvalue weighted by Gasteiger charge is 2.07. The lowest BCUT2D eigenvalue weighted by Gasteiger charge is -2.11. The number of amides is 1. The Bertz CT molecular complexity index is 369. The Morgan fingerprint density at radius 2 is 2.06 bits per heavy atom. The van der Waals surface area contributed by atoms with Crippen molar-refractivity contribution in [3.05, 3.63) is 29.3 Å². The monoisotopic (exact) mass is 219 g/mol. The molecule has 0 saturated carbocycles. The summed E-state index contributed by atoms with van der Waals surface area (Å²) in [6.45, 7) is 8.23. The average Bonchev–Trinajstić information content (AvgIpc) is 2.20. The van der Waals surface area contributed by atoms with Crippen LogP contribution >= 0.6 is 0 Å². The number of benzene rings is 1. The smallest absolute Gasteiger partial charge is 0.224 e. The maximum Gasteiger partial charge on any atom is 0.224 e. The maximum atomic E-state index is 11.7. The molecule has 1 aromatic carbocycles. The fraction of sp³-hybridized carbons (Fsp3) is 0.500. The molecule has 2 heteroatoms. The highest BCUT2D eigenvalue weighted by molar-refractivity contribution is 5.91. The Kier molecular flexibility index (Phi) is 4.53. The average molecular weight is 219 g/mol. The molecule has 1 N–H and O–H groups in total. The summed E-state index contributed by atoms with van der Waals surface area (Å²) in [6, 6.07) is 6.23. The first kappa shape index (κ1) is 12.8. The highest BCUT2D eigenvalue weighted by Crippen LogP contribution is 2.18. The molecule has 0 heterocycles. The van der Waals surface area contributed by atoms with Crippen LogP contribution < -0.4 is 5.32 Å². The van der Waals surface area contributed by atoms with E-state index >= 15 is 0 Å². The zero-order chi connectivity index (χ0) is 12.1. The molecule has 1 amide bonds. The van der Waals surface area contributed by atoms with Crippen LogP contribution in [-0.4, -0.2) is 5.91 Å². The lowest BCUT2D eigenvalue weighted by Crippen LogP contribution is -2.14. The third-order valence-electron chi connectivity index (χ3n) is 2.58. The molecule has 0 aliphatic heterocycles. The molecule has 0 spiro atoms. The second kappa shape index (κ2) is 5.69. The number of anilines is 1. The van der Waals surface area contributed by atoms with Crippen LogP contribution in [0.15, 0.2) is 18.2 Å². The van der Waals surface area contributed by atoms with Crippen LogP contribution in [-0.2, 0) is 11.2 Å². The van der Waals surface area contributed by atoms with Crippen molar-refractivity contribution in [1.29, 1.82) is 0 Å². The number of hydrogen-bond donors (Lipinski definition) is 1. The molecule has 16 heavy (non-hydrogen) atoms. The summed E-state index contributed by atoms with van der Waals surface area (Å²) in [5.74, 6) is 0.501. The summed E-state index contributed by atoms with van der Waals surface area (Å²) in [7, 11) is 0. The quantitative estimate of drug-likeness (QED) is 0.824. The van der Waals surface area contributed by atoms with Gasteiger partial charge in [0.15, 0.2) is 0 Å². The molecule has 88 valence electrons. The Morgan fingerprint density at radius 3 is 2.62 bits per heavy atom.